The standard InChI is InChI=1S/C23H24F3N3O2/c24-23(25,26)19-12-7-13-28(15-19)16-29-20(30)22(27-21(29)31,18-10-5-2-6-11-18)14-17-8-3-1-4-9-17/h1-6,8-11,19H,7,12-16H2,(H,27,31)/t19-,22+/m1/s1. The fourth-order valence-electron chi connectivity index (χ4n) is 4.45. The first kappa shape index (κ1) is 21.4. The summed E-state index contributed by atoms with van der Waals surface area (Å²) in [6, 6.07) is 17.7. The monoisotopic (exact) mass is 431 g/mol. The van der Waals surface area contributed by atoms with Crippen molar-refractivity contribution < 1.29 is 22.8 Å². The quantitative estimate of drug-likeness (QED) is 0.731. The number of rotatable bonds is 5. The van der Waals surface area contributed by atoms with Gasteiger partial charge in [0, 0.05) is 13.0 Å². The lowest BCUT2D eigenvalue weighted by Gasteiger charge is -2.35. The number of halogens is 3. The Kier molecular flexibility index (Phi) is 5.75. The predicted octanol–water partition coefficient (Wildman–Crippen LogP) is 3.91. The number of alkyl halides is 3. The summed E-state index contributed by atoms with van der Waals surface area (Å²) in [5, 5.41) is 2.85. The van der Waals surface area contributed by atoms with Crippen LogP contribution in [0, 0.1) is 5.92 Å². The molecule has 0 aliphatic carbocycles. The van der Waals surface area contributed by atoms with E-state index >= 15 is 0 Å². The van der Waals surface area contributed by atoms with Gasteiger partial charge in [0.15, 0.2) is 5.54 Å². The predicted molar refractivity (Wildman–Crippen MR) is 109 cm³/mol. The minimum absolute atomic E-state index is 0.0715. The zero-order valence-electron chi connectivity index (χ0n) is 16.9. The van der Waals surface area contributed by atoms with Crippen molar-refractivity contribution in [3.63, 3.8) is 0 Å². The van der Waals surface area contributed by atoms with Crippen LogP contribution in [0.4, 0.5) is 18.0 Å². The average Bonchev–Trinajstić information content (AvgIpc) is 3.00. The maximum Gasteiger partial charge on any atom is 0.393 e. The van der Waals surface area contributed by atoms with Gasteiger partial charge in [-0.3, -0.25) is 9.69 Å². The number of hydrogen-bond donors (Lipinski definition) is 1. The smallest absolute Gasteiger partial charge is 0.319 e. The van der Waals surface area contributed by atoms with Crippen LogP contribution in [-0.4, -0.2) is 47.7 Å². The summed E-state index contributed by atoms with van der Waals surface area (Å²) in [7, 11) is 0. The van der Waals surface area contributed by atoms with Gasteiger partial charge in [-0.2, -0.15) is 13.2 Å². The molecule has 2 aliphatic heterocycles. The molecule has 0 unspecified atom stereocenters. The van der Waals surface area contributed by atoms with Crippen molar-refractivity contribution >= 4 is 11.9 Å². The molecule has 0 saturated carbocycles. The molecular weight excluding hydrogens is 407 g/mol. The molecule has 2 saturated heterocycles. The second-order valence-corrected chi connectivity index (χ2v) is 8.20. The lowest BCUT2D eigenvalue weighted by atomic mass is 9.83. The maximum atomic E-state index is 13.6. The molecule has 3 amide bonds. The van der Waals surface area contributed by atoms with E-state index in [9.17, 15) is 22.8 Å². The molecule has 2 fully saturated rings. The number of nitrogens with one attached hydrogen (secondary N) is 1. The third-order valence-electron chi connectivity index (χ3n) is 6.06. The van der Waals surface area contributed by atoms with Gasteiger partial charge in [-0.05, 0) is 30.5 Å². The highest BCUT2D eigenvalue weighted by molar-refractivity contribution is 6.07. The van der Waals surface area contributed by atoms with Gasteiger partial charge >= 0.3 is 12.2 Å². The van der Waals surface area contributed by atoms with E-state index in [2.05, 4.69) is 5.32 Å². The number of carbonyl (C=O) groups is 2. The zero-order chi connectivity index (χ0) is 22.1. The molecule has 0 bridgehead atoms. The van der Waals surface area contributed by atoms with Crippen LogP contribution in [0.15, 0.2) is 60.7 Å². The normalized spacial score (nSPS) is 25.0. The molecule has 5 nitrogen and oxygen atoms in total. The Morgan fingerprint density at radius 2 is 1.65 bits per heavy atom. The van der Waals surface area contributed by atoms with E-state index < -0.39 is 29.6 Å². The van der Waals surface area contributed by atoms with Gasteiger partial charge in [0.05, 0.1) is 12.6 Å². The fourth-order valence-corrected chi connectivity index (χ4v) is 4.45. The largest absolute Gasteiger partial charge is 0.393 e. The molecule has 2 heterocycles. The third kappa shape index (κ3) is 4.30. The Morgan fingerprint density at radius 3 is 2.29 bits per heavy atom. The zero-order valence-corrected chi connectivity index (χ0v) is 16.9. The number of carbonyl (C=O) groups excluding carboxylic acids is 2. The number of piperidine rings is 1. The Hall–Kier alpha value is -2.87. The van der Waals surface area contributed by atoms with Gasteiger partial charge in [0.25, 0.3) is 5.91 Å². The number of nitrogens with zero attached hydrogens (tertiary/aromatic N) is 2. The van der Waals surface area contributed by atoms with Crippen molar-refractivity contribution in [1.82, 2.24) is 15.1 Å². The second kappa shape index (κ2) is 8.34. The van der Waals surface area contributed by atoms with Crippen LogP contribution in [0.25, 0.3) is 0 Å². The minimum atomic E-state index is -4.28. The van der Waals surface area contributed by atoms with Crippen LogP contribution in [0.2, 0.25) is 0 Å². The Balaban J connectivity index is 1.60. The number of hydrogen-bond acceptors (Lipinski definition) is 3. The highest BCUT2D eigenvalue weighted by Crippen LogP contribution is 2.35. The van der Waals surface area contributed by atoms with Gasteiger partial charge in [0.2, 0.25) is 0 Å². The summed E-state index contributed by atoms with van der Waals surface area (Å²) in [4.78, 5) is 29.0. The summed E-state index contributed by atoms with van der Waals surface area (Å²) in [6.45, 7) is 0.0544. The van der Waals surface area contributed by atoms with Crippen LogP contribution >= 0.6 is 0 Å². The maximum absolute atomic E-state index is 13.6. The van der Waals surface area contributed by atoms with Crippen LogP contribution in [0.3, 0.4) is 0 Å². The van der Waals surface area contributed by atoms with E-state index in [1.165, 1.54) is 0 Å². The summed E-state index contributed by atoms with van der Waals surface area (Å²) in [5.41, 5.74) is 0.224. The number of amides is 3. The van der Waals surface area contributed by atoms with E-state index in [0.29, 0.717) is 18.5 Å². The molecule has 0 spiro atoms. The first-order valence-electron chi connectivity index (χ1n) is 10.3. The van der Waals surface area contributed by atoms with E-state index in [1.807, 2.05) is 36.4 Å². The molecule has 8 heteroatoms. The van der Waals surface area contributed by atoms with E-state index in [4.69, 9.17) is 0 Å². The van der Waals surface area contributed by atoms with E-state index in [0.717, 1.165) is 10.5 Å². The van der Waals surface area contributed by atoms with Gasteiger partial charge in [-0.15, -0.1) is 0 Å². The molecule has 2 aromatic rings. The number of imide groups is 1. The average molecular weight is 431 g/mol. The number of benzene rings is 2. The molecule has 2 atom stereocenters. The molecule has 0 radical (unpaired) electrons. The van der Waals surface area contributed by atoms with Crippen LogP contribution in [0.1, 0.15) is 24.0 Å². The second-order valence-electron chi connectivity index (χ2n) is 8.20. The minimum Gasteiger partial charge on any atom is -0.319 e. The summed E-state index contributed by atoms with van der Waals surface area (Å²) >= 11 is 0. The van der Waals surface area contributed by atoms with Crippen molar-refractivity contribution in [2.24, 2.45) is 5.92 Å². The topological polar surface area (TPSA) is 52.7 Å². The fraction of sp³-hybridized carbons (Fsp3) is 0.391. The van der Waals surface area contributed by atoms with Gasteiger partial charge in [-0.1, -0.05) is 60.7 Å². The van der Waals surface area contributed by atoms with Gasteiger partial charge in [0.1, 0.15) is 0 Å². The Morgan fingerprint density at radius 1 is 1.00 bits per heavy atom. The molecule has 2 aliphatic rings. The van der Waals surface area contributed by atoms with E-state index in [1.54, 1.807) is 29.2 Å². The Bertz CT molecular complexity index is 936. The van der Waals surface area contributed by atoms with Crippen molar-refractivity contribution in [2.45, 2.75) is 31.0 Å². The number of likely N-dealkylation sites (tertiary alicyclic amines) is 1. The summed E-state index contributed by atoms with van der Waals surface area (Å²) in [5.74, 6) is -1.88. The first-order chi connectivity index (χ1) is 14.8. The first-order valence-corrected chi connectivity index (χ1v) is 10.3. The van der Waals surface area contributed by atoms with E-state index in [-0.39, 0.29) is 26.1 Å². The molecule has 4 rings (SSSR count). The van der Waals surface area contributed by atoms with Gasteiger partial charge in [-0.25, -0.2) is 9.69 Å². The highest BCUT2D eigenvalue weighted by Gasteiger charge is 2.53. The summed E-state index contributed by atoms with van der Waals surface area (Å²) < 4.78 is 39.5. The van der Waals surface area contributed by atoms with Gasteiger partial charge < -0.3 is 5.32 Å². The highest BCUT2D eigenvalue weighted by atomic mass is 19.4. The molecule has 0 aromatic heterocycles. The summed E-state index contributed by atoms with van der Waals surface area (Å²) in [6.07, 6.45) is -3.58. The third-order valence-corrected chi connectivity index (χ3v) is 6.06. The SMILES string of the molecule is O=C1N[C@@](Cc2ccccc2)(c2ccccc2)C(=O)N1CN1CCC[C@@H](C(F)(F)F)C1. The van der Waals surface area contributed by atoms with Crippen molar-refractivity contribution in [1.29, 1.82) is 0 Å². The van der Waals surface area contributed by atoms with Crippen LogP contribution in [0.5, 0.6) is 0 Å². The molecular formula is C23H24F3N3O2. The van der Waals surface area contributed by atoms with Crippen molar-refractivity contribution in [3.8, 4) is 0 Å². The van der Waals surface area contributed by atoms with Crippen LogP contribution < -0.4 is 5.32 Å². The Labute approximate surface area is 178 Å². The molecule has 1 N–H and O–H groups in total. The van der Waals surface area contributed by atoms with Crippen molar-refractivity contribution in [2.75, 3.05) is 19.8 Å². The lowest BCUT2D eigenvalue weighted by Crippen LogP contribution is -2.49. The molecule has 2 aromatic carbocycles. The molecule has 164 valence electrons. The molecule has 31 heavy (non-hydrogen) atoms. The number of urea groups is 1. The van der Waals surface area contributed by atoms with Crippen LogP contribution in [-0.2, 0) is 16.8 Å². The lowest BCUT2D eigenvalue weighted by molar-refractivity contribution is -0.187. The van der Waals surface area contributed by atoms with Crippen molar-refractivity contribution in [3.05, 3.63) is 71.8 Å².